The maximum atomic E-state index is 11.9. The maximum Gasteiger partial charge on any atom is 0.227 e. The molecule has 2 aliphatic carbocycles. The molecule has 4 heteroatoms. The van der Waals surface area contributed by atoms with Gasteiger partial charge in [0.1, 0.15) is 0 Å². The molecule has 2 unspecified atom stereocenters. The topological polar surface area (TPSA) is 81.1 Å². The summed E-state index contributed by atoms with van der Waals surface area (Å²) < 4.78 is 0. The fourth-order valence-corrected chi connectivity index (χ4v) is 2.49. The molecule has 16 heavy (non-hydrogen) atoms. The summed E-state index contributed by atoms with van der Waals surface area (Å²) >= 11 is 0. The van der Waals surface area contributed by atoms with Gasteiger partial charge < -0.3 is 16.8 Å². The van der Waals surface area contributed by atoms with Crippen LogP contribution in [-0.4, -0.2) is 24.0 Å². The molecule has 0 heterocycles. The summed E-state index contributed by atoms with van der Waals surface area (Å²) in [5.74, 6) is 0.107. The first kappa shape index (κ1) is 11.6. The summed E-state index contributed by atoms with van der Waals surface area (Å²) in [6, 6.07) is 0.695. The zero-order valence-corrected chi connectivity index (χ0v) is 9.56. The van der Waals surface area contributed by atoms with Gasteiger partial charge in [0.05, 0.1) is 5.92 Å². The number of amides is 1. The van der Waals surface area contributed by atoms with Gasteiger partial charge in [0, 0.05) is 18.1 Å². The van der Waals surface area contributed by atoms with Gasteiger partial charge in [-0.25, -0.2) is 0 Å². The van der Waals surface area contributed by atoms with E-state index in [0.29, 0.717) is 12.1 Å². The van der Waals surface area contributed by atoms with E-state index < -0.39 is 0 Å². The van der Waals surface area contributed by atoms with Gasteiger partial charge in [-0.3, -0.25) is 4.79 Å². The molecule has 5 N–H and O–H groups in total. The summed E-state index contributed by atoms with van der Waals surface area (Å²) in [4.78, 5) is 11.9. The van der Waals surface area contributed by atoms with Crippen molar-refractivity contribution >= 4 is 5.91 Å². The molecule has 1 saturated carbocycles. The van der Waals surface area contributed by atoms with Crippen LogP contribution in [0.1, 0.15) is 32.1 Å². The molecule has 90 valence electrons. The largest absolute Gasteiger partial charge is 0.353 e. The minimum absolute atomic E-state index is 0.0226. The number of carbonyl (C=O) groups is 1. The average molecular weight is 223 g/mol. The Balaban J connectivity index is 1.77. The van der Waals surface area contributed by atoms with Crippen LogP contribution in [0.4, 0.5) is 0 Å². The van der Waals surface area contributed by atoms with Gasteiger partial charge >= 0.3 is 0 Å². The van der Waals surface area contributed by atoms with E-state index in [1.165, 1.54) is 0 Å². The smallest absolute Gasteiger partial charge is 0.227 e. The van der Waals surface area contributed by atoms with E-state index in [1.54, 1.807) is 0 Å². The van der Waals surface area contributed by atoms with Crippen LogP contribution in [-0.2, 0) is 4.79 Å². The average Bonchev–Trinajstić information content (AvgIpc) is 2.68. The van der Waals surface area contributed by atoms with Gasteiger partial charge in [0.25, 0.3) is 0 Å². The fourth-order valence-electron chi connectivity index (χ4n) is 2.49. The highest BCUT2D eigenvalue weighted by Crippen LogP contribution is 2.20. The van der Waals surface area contributed by atoms with E-state index in [2.05, 4.69) is 5.32 Å². The van der Waals surface area contributed by atoms with Crippen molar-refractivity contribution in [1.82, 2.24) is 5.32 Å². The highest BCUT2D eigenvalue weighted by Gasteiger charge is 2.26. The van der Waals surface area contributed by atoms with E-state index in [4.69, 9.17) is 11.5 Å². The molecule has 0 bridgehead atoms. The van der Waals surface area contributed by atoms with E-state index in [-0.39, 0.29) is 17.9 Å². The van der Waals surface area contributed by atoms with Gasteiger partial charge in [0.15, 0.2) is 0 Å². The highest BCUT2D eigenvalue weighted by atomic mass is 16.1. The summed E-state index contributed by atoms with van der Waals surface area (Å²) in [5, 5.41) is 3.10. The zero-order chi connectivity index (χ0) is 11.5. The Kier molecular flexibility index (Phi) is 3.61. The van der Waals surface area contributed by atoms with Gasteiger partial charge in [-0.15, -0.1) is 0 Å². The van der Waals surface area contributed by atoms with E-state index in [1.807, 2.05) is 12.2 Å². The molecule has 1 fully saturated rings. The standard InChI is InChI=1S/C12H21N3O/c13-9-3-5-11(6-4-9)15-12(16)8-1-2-10(14)7-8/h1-2,8-11H,3-7,13-14H2,(H,15,16). The van der Waals surface area contributed by atoms with Crippen LogP contribution in [0.25, 0.3) is 0 Å². The third kappa shape index (κ3) is 2.83. The van der Waals surface area contributed by atoms with E-state index in [0.717, 1.165) is 32.1 Å². The quantitative estimate of drug-likeness (QED) is 0.588. The second-order valence-corrected chi connectivity index (χ2v) is 5.01. The van der Waals surface area contributed by atoms with Crippen molar-refractivity contribution < 1.29 is 4.79 Å². The third-order valence-corrected chi connectivity index (χ3v) is 3.57. The fraction of sp³-hybridized carbons (Fsp3) is 0.750. The number of carbonyl (C=O) groups excluding carboxylic acids is 1. The van der Waals surface area contributed by atoms with Crippen LogP contribution in [0.2, 0.25) is 0 Å². The molecule has 4 nitrogen and oxygen atoms in total. The lowest BCUT2D eigenvalue weighted by Gasteiger charge is -2.27. The van der Waals surface area contributed by atoms with Crippen LogP contribution in [0, 0.1) is 5.92 Å². The Morgan fingerprint density at radius 3 is 2.38 bits per heavy atom. The zero-order valence-electron chi connectivity index (χ0n) is 9.56. The van der Waals surface area contributed by atoms with Gasteiger partial charge in [-0.2, -0.15) is 0 Å². The Bertz CT molecular complexity index is 282. The van der Waals surface area contributed by atoms with Crippen LogP contribution in [0.5, 0.6) is 0 Å². The highest BCUT2D eigenvalue weighted by molar-refractivity contribution is 5.81. The maximum absolute atomic E-state index is 11.9. The van der Waals surface area contributed by atoms with Crippen molar-refractivity contribution in [1.29, 1.82) is 0 Å². The number of hydrogen-bond acceptors (Lipinski definition) is 3. The first-order valence-electron chi connectivity index (χ1n) is 6.15. The number of rotatable bonds is 2. The second-order valence-electron chi connectivity index (χ2n) is 5.01. The summed E-state index contributed by atoms with van der Waals surface area (Å²) in [7, 11) is 0. The Hall–Kier alpha value is -0.870. The first-order chi connectivity index (χ1) is 7.65. The van der Waals surface area contributed by atoms with Crippen LogP contribution < -0.4 is 16.8 Å². The number of nitrogens with one attached hydrogen (secondary N) is 1. The molecule has 0 saturated heterocycles. The summed E-state index contributed by atoms with van der Waals surface area (Å²) in [6.07, 6.45) is 8.65. The lowest BCUT2D eigenvalue weighted by atomic mass is 9.91. The van der Waals surface area contributed by atoms with E-state index >= 15 is 0 Å². The molecule has 0 aromatic rings. The molecule has 2 rings (SSSR count). The van der Waals surface area contributed by atoms with Crippen molar-refractivity contribution in [2.45, 2.75) is 50.2 Å². The predicted octanol–water partition coefficient (Wildman–Crippen LogP) is 0.276. The molecule has 0 aliphatic heterocycles. The molecule has 1 amide bonds. The van der Waals surface area contributed by atoms with Crippen molar-refractivity contribution in [3.05, 3.63) is 12.2 Å². The first-order valence-corrected chi connectivity index (χ1v) is 6.15. The van der Waals surface area contributed by atoms with Crippen molar-refractivity contribution in [2.75, 3.05) is 0 Å². The minimum Gasteiger partial charge on any atom is -0.353 e. The van der Waals surface area contributed by atoms with Crippen molar-refractivity contribution in [3.8, 4) is 0 Å². The molecule has 0 spiro atoms. The SMILES string of the molecule is NC1C=CC(C(=O)NC2CCC(N)CC2)C1. The molecule has 0 radical (unpaired) electrons. The third-order valence-electron chi connectivity index (χ3n) is 3.57. The lowest BCUT2D eigenvalue weighted by Crippen LogP contribution is -2.42. The molecule has 2 atom stereocenters. The summed E-state index contributed by atoms with van der Waals surface area (Å²) in [5.41, 5.74) is 11.6. The molecule has 0 aromatic heterocycles. The Morgan fingerprint density at radius 2 is 1.81 bits per heavy atom. The summed E-state index contributed by atoms with van der Waals surface area (Å²) in [6.45, 7) is 0. The van der Waals surface area contributed by atoms with Crippen LogP contribution in [0.15, 0.2) is 12.2 Å². The van der Waals surface area contributed by atoms with Gasteiger partial charge in [-0.05, 0) is 32.1 Å². The van der Waals surface area contributed by atoms with Crippen LogP contribution in [0.3, 0.4) is 0 Å². The Morgan fingerprint density at radius 1 is 1.12 bits per heavy atom. The number of hydrogen-bond donors (Lipinski definition) is 3. The van der Waals surface area contributed by atoms with Crippen LogP contribution >= 0.6 is 0 Å². The molecule has 0 aromatic carbocycles. The van der Waals surface area contributed by atoms with Gasteiger partial charge in [-0.1, -0.05) is 12.2 Å². The number of nitrogens with two attached hydrogens (primary N) is 2. The van der Waals surface area contributed by atoms with E-state index in [9.17, 15) is 4.79 Å². The molecule has 2 aliphatic rings. The normalized spacial score (nSPS) is 38.6. The second kappa shape index (κ2) is 4.97. The molecular formula is C12H21N3O. The molecular weight excluding hydrogens is 202 g/mol. The minimum atomic E-state index is -0.0226. The predicted molar refractivity (Wildman–Crippen MR) is 63.6 cm³/mol. The monoisotopic (exact) mass is 223 g/mol. The van der Waals surface area contributed by atoms with Gasteiger partial charge in [0.2, 0.25) is 5.91 Å². The van der Waals surface area contributed by atoms with Crippen molar-refractivity contribution in [3.63, 3.8) is 0 Å². The Labute approximate surface area is 96.4 Å². The van der Waals surface area contributed by atoms with Crippen molar-refractivity contribution in [2.24, 2.45) is 17.4 Å². The lowest BCUT2D eigenvalue weighted by molar-refractivity contribution is -0.124.